The summed E-state index contributed by atoms with van der Waals surface area (Å²) in [4.78, 5) is 31.0. The van der Waals surface area contributed by atoms with E-state index in [0.717, 1.165) is 76.6 Å². The van der Waals surface area contributed by atoms with Crippen LogP contribution in [0.25, 0.3) is 112 Å². The molecule has 0 aliphatic heterocycles. The zero-order valence-corrected chi connectivity index (χ0v) is 32.1. The highest BCUT2D eigenvalue weighted by Crippen LogP contribution is 2.39. The first-order valence-electron chi connectivity index (χ1n) is 19.9. The monoisotopic (exact) mass is 768 g/mol. The molecule has 0 N–H and O–H groups in total. The SMILES string of the molecule is c1ccc(-c2nc(-c3ccc4c(c3)c3ccc5ccccc5c3n4-c3nc(-c4ccccc4)nc(-c4ccccc4)n3)nc(-n3c4ccccc4c4ccccc43)n2)cc1. The third-order valence-electron chi connectivity index (χ3n) is 11.2. The lowest BCUT2D eigenvalue weighted by Gasteiger charge is -2.12. The predicted molar refractivity (Wildman–Crippen MR) is 241 cm³/mol. The van der Waals surface area contributed by atoms with E-state index in [4.69, 9.17) is 29.9 Å². The molecule has 4 aromatic heterocycles. The molecule has 0 atom stereocenters. The van der Waals surface area contributed by atoms with Crippen LogP contribution in [0.2, 0.25) is 0 Å². The summed E-state index contributed by atoms with van der Waals surface area (Å²) in [5.41, 5.74) is 7.62. The van der Waals surface area contributed by atoms with Crippen molar-refractivity contribution in [1.82, 2.24) is 39.0 Å². The second-order valence-electron chi connectivity index (χ2n) is 14.8. The van der Waals surface area contributed by atoms with Crippen molar-refractivity contribution in [2.45, 2.75) is 0 Å². The molecule has 0 unspecified atom stereocenters. The van der Waals surface area contributed by atoms with Crippen molar-refractivity contribution in [2.24, 2.45) is 0 Å². The Morgan fingerprint density at radius 1 is 0.267 bits per heavy atom. The number of hydrogen-bond donors (Lipinski definition) is 0. The Balaban J connectivity index is 1.13. The molecule has 0 radical (unpaired) electrons. The smallest absolute Gasteiger partial charge is 0.238 e. The maximum Gasteiger partial charge on any atom is 0.238 e. The molecular formula is C52H32N8. The van der Waals surface area contributed by atoms with E-state index in [1.54, 1.807) is 0 Å². The molecule has 8 heteroatoms. The molecule has 0 amide bonds. The lowest BCUT2D eigenvalue weighted by atomic mass is 10.0. The highest BCUT2D eigenvalue weighted by Gasteiger charge is 2.22. The van der Waals surface area contributed by atoms with E-state index < -0.39 is 0 Å². The van der Waals surface area contributed by atoms with E-state index in [0.29, 0.717) is 35.2 Å². The Morgan fingerprint density at radius 2 is 0.700 bits per heavy atom. The molecular weight excluding hydrogens is 737 g/mol. The van der Waals surface area contributed by atoms with E-state index in [1.165, 1.54) is 0 Å². The minimum absolute atomic E-state index is 0.534. The molecule has 12 aromatic rings. The van der Waals surface area contributed by atoms with Gasteiger partial charge in [-0.1, -0.05) is 164 Å². The highest BCUT2D eigenvalue weighted by molar-refractivity contribution is 6.19. The van der Waals surface area contributed by atoms with Gasteiger partial charge in [0.15, 0.2) is 23.3 Å². The fraction of sp³-hybridized carbons (Fsp3) is 0. The summed E-state index contributed by atoms with van der Waals surface area (Å²) >= 11 is 0. The second kappa shape index (κ2) is 13.6. The van der Waals surface area contributed by atoms with Crippen LogP contribution < -0.4 is 0 Å². The topological polar surface area (TPSA) is 87.2 Å². The zero-order valence-electron chi connectivity index (χ0n) is 32.1. The Kier molecular flexibility index (Phi) is 7.67. The van der Waals surface area contributed by atoms with Crippen LogP contribution in [0.15, 0.2) is 194 Å². The standard InChI is InChI=1S/C52H32N8/c1-4-17-34(18-5-1)47-53-48(35-19-6-2-7-20-35)57-52(56-47)60-45-31-29-37(32-42(45)41-30-28-33-16-10-11-23-38(33)46(41)60)50-54-49(36-21-8-3-9-22-36)55-51(58-50)59-43-26-14-12-24-39(43)40-25-13-15-27-44(40)59/h1-32H. The van der Waals surface area contributed by atoms with Crippen LogP contribution in [0.4, 0.5) is 0 Å². The van der Waals surface area contributed by atoms with Gasteiger partial charge < -0.3 is 0 Å². The number of hydrogen-bond acceptors (Lipinski definition) is 6. The number of aromatic nitrogens is 8. The largest absolute Gasteiger partial charge is 0.278 e. The number of benzene rings is 8. The Bertz CT molecular complexity index is 3490. The van der Waals surface area contributed by atoms with Crippen LogP contribution in [0.1, 0.15) is 0 Å². The minimum Gasteiger partial charge on any atom is -0.278 e. The number of fused-ring (bicyclic) bond motifs is 8. The van der Waals surface area contributed by atoms with Gasteiger partial charge in [0.05, 0.1) is 22.1 Å². The van der Waals surface area contributed by atoms with E-state index in [-0.39, 0.29) is 0 Å². The molecule has 0 bridgehead atoms. The normalized spacial score (nSPS) is 11.7. The van der Waals surface area contributed by atoms with Gasteiger partial charge in [0, 0.05) is 49.2 Å². The first-order chi connectivity index (χ1) is 29.7. The summed E-state index contributed by atoms with van der Waals surface area (Å²) in [7, 11) is 0. The molecule has 0 saturated carbocycles. The average molecular weight is 769 g/mol. The van der Waals surface area contributed by atoms with Crippen molar-refractivity contribution < 1.29 is 0 Å². The van der Waals surface area contributed by atoms with Gasteiger partial charge in [-0.15, -0.1) is 0 Å². The van der Waals surface area contributed by atoms with E-state index in [2.05, 4.69) is 112 Å². The van der Waals surface area contributed by atoms with Crippen LogP contribution in [-0.4, -0.2) is 39.0 Å². The van der Waals surface area contributed by atoms with Crippen molar-refractivity contribution in [3.8, 4) is 57.4 Å². The lowest BCUT2D eigenvalue weighted by Crippen LogP contribution is -2.07. The minimum atomic E-state index is 0.534. The number of nitrogens with zero attached hydrogens (tertiary/aromatic N) is 8. The van der Waals surface area contributed by atoms with Crippen molar-refractivity contribution in [2.75, 3.05) is 0 Å². The van der Waals surface area contributed by atoms with E-state index in [9.17, 15) is 0 Å². The molecule has 280 valence electrons. The molecule has 0 aliphatic rings. The maximum absolute atomic E-state index is 5.27. The van der Waals surface area contributed by atoms with Crippen LogP contribution in [0.5, 0.6) is 0 Å². The van der Waals surface area contributed by atoms with Crippen LogP contribution >= 0.6 is 0 Å². The van der Waals surface area contributed by atoms with Crippen molar-refractivity contribution in [3.05, 3.63) is 194 Å². The van der Waals surface area contributed by atoms with E-state index >= 15 is 0 Å². The van der Waals surface area contributed by atoms with Gasteiger partial charge >= 0.3 is 0 Å². The Labute approximate surface area is 343 Å². The van der Waals surface area contributed by atoms with Crippen LogP contribution in [-0.2, 0) is 0 Å². The van der Waals surface area contributed by atoms with Gasteiger partial charge in [0.1, 0.15) is 0 Å². The van der Waals surface area contributed by atoms with Crippen molar-refractivity contribution in [1.29, 1.82) is 0 Å². The first kappa shape index (κ1) is 33.7. The average Bonchev–Trinajstić information content (AvgIpc) is 3.85. The van der Waals surface area contributed by atoms with E-state index in [1.807, 2.05) is 91.0 Å². The summed E-state index contributed by atoms with van der Waals surface area (Å²) in [6, 6.07) is 66.4. The van der Waals surface area contributed by atoms with Gasteiger partial charge in [0.25, 0.3) is 0 Å². The summed E-state index contributed by atoms with van der Waals surface area (Å²) < 4.78 is 4.33. The van der Waals surface area contributed by atoms with Gasteiger partial charge in [-0.3, -0.25) is 9.13 Å². The Morgan fingerprint density at radius 3 is 1.25 bits per heavy atom. The molecule has 0 saturated heterocycles. The third-order valence-corrected chi connectivity index (χ3v) is 11.2. The van der Waals surface area contributed by atoms with Gasteiger partial charge in [-0.05, 0) is 35.7 Å². The molecule has 0 fully saturated rings. The molecule has 4 heterocycles. The van der Waals surface area contributed by atoms with Crippen molar-refractivity contribution in [3.63, 3.8) is 0 Å². The molecule has 0 spiro atoms. The molecule has 12 rings (SSSR count). The molecule has 8 nitrogen and oxygen atoms in total. The summed E-state index contributed by atoms with van der Waals surface area (Å²) in [6.45, 7) is 0. The molecule has 60 heavy (non-hydrogen) atoms. The van der Waals surface area contributed by atoms with Gasteiger partial charge in [-0.2, -0.15) is 19.9 Å². The lowest BCUT2D eigenvalue weighted by molar-refractivity contribution is 0.952. The second-order valence-corrected chi connectivity index (χ2v) is 14.8. The highest BCUT2D eigenvalue weighted by atomic mass is 15.2. The third kappa shape index (κ3) is 5.46. The van der Waals surface area contributed by atoms with Crippen molar-refractivity contribution >= 4 is 54.4 Å². The molecule has 0 aliphatic carbocycles. The quantitative estimate of drug-likeness (QED) is 0.167. The zero-order chi connectivity index (χ0) is 39.6. The van der Waals surface area contributed by atoms with Crippen LogP contribution in [0.3, 0.4) is 0 Å². The van der Waals surface area contributed by atoms with Gasteiger partial charge in [-0.25, -0.2) is 9.97 Å². The number of para-hydroxylation sites is 2. The Hall–Kier alpha value is -8.36. The summed E-state index contributed by atoms with van der Waals surface area (Å²) in [5.74, 6) is 3.45. The fourth-order valence-electron chi connectivity index (χ4n) is 8.47. The first-order valence-corrected chi connectivity index (χ1v) is 19.9. The van der Waals surface area contributed by atoms with Gasteiger partial charge in [0.2, 0.25) is 11.9 Å². The number of rotatable bonds is 6. The maximum atomic E-state index is 5.27. The van der Waals surface area contributed by atoms with Crippen LogP contribution in [0, 0.1) is 0 Å². The fourth-order valence-corrected chi connectivity index (χ4v) is 8.47. The predicted octanol–water partition coefficient (Wildman–Crippen LogP) is 12.1. The molecule has 8 aromatic carbocycles. The summed E-state index contributed by atoms with van der Waals surface area (Å²) in [6.07, 6.45) is 0. The summed E-state index contributed by atoms with van der Waals surface area (Å²) in [5, 5.41) is 6.58.